The van der Waals surface area contributed by atoms with Gasteiger partial charge in [-0.25, -0.2) is 9.78 Å². The van der Waals surface area contributed by atoms with Gasteiger partial charge in [0.05, 0.1) is 44.6 Å². The maximum atomic E-state index is 12.8. The Bertz CT molecular complexity index is 1770. The lowest BCUT2D eigenvalue weighted by Crippen LogP contribution is -2.19. The molecule has 0 N–H and O–H groups in total. The number of hydrogen-bond donors (Lipinski definition) is 0. The number of rotatable bonds is 19. The predicted molar refractivity (Wildman–Crippen MR) is 201 cm³/mol. The molecule has 0 bridgehead atoms. The van der Waals surface area contributed by atoms with Crippen LogP contribution in [0, 0.1) is 5.92 Å². The van der Waals surface area contributed by atoms with Crippen molar-refractivity contribution >= 4 is 11.9 Å². The Hall–Kier alpha value is -5.43. The largest absolute Gasteiger partial charge is 0.493 e. The molecule has 1 unspecified atom stereocenters. The highest BCUT2D eigenvalue weighted by atomic mass is 16.5. The Morgan fingerprint density at radius 1 is 0.608 bits per heavy atom. The van der Waals surface area contributed by atoms with Crippen LogP contribution in [-0.2, 0) is 27.1 Å². The van der Waals surface area contributed by atoms with Gasteiger partial charge in [-0.3, -0.25) is 4.79 Å². The lowest BCUT2D eigenvalue weighted by atomic mass is 9.93. The Morgan fingerprint density at radius 3 is 2.00 bits per heavy atom. The van der Waals surface area contributed by atoms with Crippen molar-refractivity contribution in [3.05, 3.63) is 138 Å². The van der Waals surface area contributed by atoms with E-state index in [4.69, 9.17) is 23.9 Å². The highest BCUT2D eigenvalue weighted by Crippen LogP contribution is 2.29. The third kappa shape index (κ3) is 11.0. The summed E-state index contributed by atoms with van der Waals surface area (Å²) in [7, 11) is 2.84. The first-order valence-electron chi connectivity index (χ1n) is 17.8. The van der Waals surface area contributed by atoms with E-state index in [-0.39, 0.29) is 17.9 Å². The predicted octanol–water partition coefficient (Wildman–Crippen LogP) is 9.57. The second kappa shape index (κ2) is 19.7. The van der Waals surface area contributed by atoms with E-state index < -0.39 is 0 Å². The molecule has 7 heteroatoms. The van der Waals surface area contributed by atoms with Crippen LogP contribution < -0.4 is 9.47 Å². The van der Waals surface area contributed by atoms with Crippen LogP contribution in [0.25, 0.3) is 22.4 Å². The van der Waals surface area contributed by atoms with Gasteiger partial charge in [0.25, 0.3) is 0 Å². The minimum atomic E-state index is -0.334. The molecule has 0 fully saturated rings. The average molecular weight is 686 g/mol. The molecule has 0 spiro atoms. The number of para-hydroxylation sites is 1. The zero-order valence-electron chi connectivity index (χ0n) is 29.6. The molecule has 0 aliphatic rings. The highest BCUT2D eigenvalue weighted by molar-refractivity contribution is 5.91. The van der Waals surface area contributed by atoms with Gasteiger partial charge in [0.15, 0.2) is 0 Å². The van der Waals surface area contributed by atoms with E-state index in [0.29, 0.717) is 37.5 Å². The summed E-state index contributed by atoms with van der Waals surface area (Å²) in [5.74, 6) is 0.590. The number of aryl methyl sites for hydroxylation is 1. The van der Waals surface area contributed by atoms with E-state index in [9.17, 15) is 9.59 Å². The van der Waals surface area contributed by atoms with Gasteiger partial charge in [0.1, 0.15) is 5.75 Å². The van der Waals surface area contributed by atoms with Crippen molar-refractivity contribution in [3.63, 3.8) is 0 Å². The van der Waals surface area contributed by atoms with E-state index >= 15 is 0 Å². The molecule has 1 aromatic heterocycles. The number of benzene rings is 4. The van der Waals surface area contributed by atoms with Crippen LogP contribution in [0.3, 0.4) is 0 Å². The molecule has 0 radical (unpaired) electrons. The standard InChI is InChI=1S/C44H47NO6/c1-48-43(46)37(30-36-23-13-15-27-41(36)50-29-17-25-34-20-12-14-26-39(34)44(47)49-2)24-7-3-4-16-28-51-42-32-38(33-18-8-5-9-19-33)31-40(45-42)35-21-10-6-11-22-35/h5-6,8-15,18-23,26-27,31-32,37H,3-4,7,16-17,24-25,28-30H2,1-2H3. The van der Waals surface area contributed by atoms with E-state index in [2.05, 4.69) is 30.3 Å². The molecular weight excluding hydrogens is 638 g/mol. The normalized spacial score (nSPS) is 11.4. The lowest BCUT2D eigenvalue weighted by molar-refractivity contribution is -0.145. The van der Waals surface area contributed by atoms with E-state index in [0.717, 1.165) is 77.8 Å². The Kier molecular flexibility index (Phi) is 14.2. The van der Waals surface area contributed by atoms with E-state index in [1.54, 1.807) is 6.07 Å². The fraction of sp³-hybridized carbons (Fsp3) is 0.295. The molecule has 5 rings (SSSR count). The fourth-order valence-corrected chi connectivity index (χ4v) is 6.20. The molecule has 264 valence electrons. The van der Waals surface area contributed by atoms with Gasteiger partial charge in [-0.1, -0.05) is 116 Å². The number of carbonyl (C=O) groups excluding carboxylic acids is 2. The third-order valence-corrected chi connectivity index (χ3v) is 8.92. The summed E-state index contributed by atoms with van der Waals surface area (Å²) in [5, 5.41) is 0. The summed E-state index contributed by atoms with van der Waals surface area (Å²) >= 11 is 0. The molecule has 1 heterocycles. The highest BCUT2D eigenvalue weighted by Gasteiger charge is 2.21. The number of methoxy groups -OCH3 is 2. The molecule has 0 amide bonds. The topological polar surface area (TPSA) is 84.0 Å². The number of hydrogen-bond acceptors (Lipinski definition) is 7. The van der Waals surface area contributed by atoms with E-state index in [1.165, 1.54) is 14.2 Å². The molecule has 0 saturated heterocycles. The van der Waals surface area contributed by atoms with Crippen molar-refractivity contribution in [2.75, 3.05) is 27.4 Å². The van der Waals surface area contributed by atoms with Crippen molar-refractivity contribution in [1.82, 2.24) is 4.98 Å². The van der Waals surface area contributed by atoms with Crippen LogP contribution in [0.4, 0.5) is 0 Å². The first-order chi connectivity index (χ1) is 25.1. The molecule has 1 atom stereocenters. The second-order valence-electron chi connectivity index (χ2n) is 12.5. The quantitative estimate of drug-likeness (QED) is 0.0632. The van der Waals surface area contributed by atoms with Crippen molar-refractivity contribution < 1.29 is 28.5 Å². The van der Waals surface area contributed by atoms with Crippen LogP contribution in [0.1, 0.15) is 60.0 Å². The molecular formula is C44H47NO6. The number of nitrogens with zero attached hydrogens (tertiary/aromatic N) is 1. The third-order valence-electron chi connectivity index (χ3n) is 8.92. The SMILES string of the molecule is COC(=O)c1ccccc1CCCOc1ccccc1CC(CCCCCCOc1cc(-c2ccccc2)cc(-c2ccccc2)n1)C(=O)OC. The monoisotopic (exact) mass is 685 g/mol. The van der Waals surface area contributed by atoms with Crippen LogP contribution in [0.15, 0.2) is 121 Å². The van der Waals surface area contributed by atoms with Gasteiger partial charge in [-0.15, -0.1) is 0 Å². The molecule has 51 heavy (non-hydrogen) atoms. The zero-order chi connectivity index (χ0) is 35.7. The van der Waals surface area contributed by atoms with Crippen LogP contribution in [-0.4, -0.2) is 44.4 Å². The van der Waals surface area contributed by atoms with E-state index in [1.807, 2.05) is 84.9 Å². The smallest absolute Gasteiger partial charge is 0.338 e. The van der Waals surface area contributed by atoms with Gasteiger partial charge in [0.2, 0.25) is 5.88 Å². The Balaban J connectivity index is 1.09. The summed E-state index contributed by atoms with van der Waals surface area (Å²) < 4.78 is 22.5. The Morgan fingerprint density at radius 2 is 1.25 bits per heavy atom. The van der Waals surface area contributed by atoms with Crippen molar-refractivity contribution in [1.29, 1.82) is 0 Å². The number of pyridine rings is 1. The van der Waals surface area contributed by atoms with Crippen LogP contribution >= 0.6 is 0 Å². The zero-order valence-corrected chi connectivity index (χ0v) is 29.6. The van der Waals surface area contributed by atoms with Crippen molar-refractivity contribution in [2.45, 2.75) is 51.4 Å². The summed E-state index contributed by atoms with van der Waals surface area (Å²) in [6.07, 6.45) is 6.46. The van der Waals surface area contributed by atoms with Gasteiger partial charge in [-0.05, 0) is 72.6 Å². The maximum absolute atomic E-state index is 12.8. The first-order valence-corrected chi connectivity index (χ1v) is 17.8. The van der Waals surface area contributed by atoms with Crippen LogP contribution in [0.5, 0.6) is 11.6 Å². The summed E-state index contributed by atoms with van der Waals surface area (Å²) in [6.45, 7) is 1.05. The summed E-state index contributed by atoms with van der Waals surface area (Å²) in [4.78, 5) is 29.7. The number of ether oxygens (including phenoxy) is 4. The minimum absolute atomic E-state index is 0.203. The number of unbranched alkanes of at least 4 members (excludes halogenated alkanes) is 3. The lowest BCUT2D eigenvalue weighted by Gasteiger charge is -2.17. The van der Waals surface area contributed by atoms with Crippen molar-refractivity contribution in [3.8, 4) is 34.0 Å². The number of aromatic nitrogens is 1. The molecule has 0 saturated carbocycles. The van der Waals surface area contributed by atoms with Crippen molar-refractivity contribution in [2.24, 2.45) is 5.92 Å². The molecule has 7 nitrogen and oxygen atoms in total. The number of carbonyl (C=O) groups is 2. The Labute approximate surface area is 301 Å². The fourth-order valence-electron chi connectivity index (χ4n) is 6.20. The number of esters is 2. The van der Waals surface area contributed by atoms with Gasteiger partial charge < -0.3 is 18.9 Å². The minimum Gasteiger partial charge on any atom is -0.493 e. The van der Waals surface area contributed by atoms with Gasteiger partial charge in [-0.2, -0.15) is 0 Å². The average Bonchev–Trinajstić information content (AvgIpc) is 3.19. The first kappa shape index (κ1) is 36.8. The molecule has 5 aromatic rings. The van der Waals surface area contributed by atoms with Crippen LogP contribution in [0.2, 0.25) is 0 Å². The summed E-state index contributed by atoms with van der Waals surface area (Å²) in [5.41, 5.74) is 6.62. The second-order valence-corrected chi connectivity index (χ2v) is 12.5. The molecule has 0 aliphatic heterocycles. The van der Waals surface area contributed by atoms with Gasteiger partial charge >= 0.3 is 11.9 Å². The summed E-state index contributed by atoms with van der Waals surface area (Å²) in [6, 6.07) is 39.9. The molecule has 4 aromatic carbocycles. The maximum Gasteiger partial charge on any atom is 0.338 e. The molecule has 0 aliphatic carbocycles. The van der Waals surface area contributed by atoms with Gasteiger partial charge in [0, 0.05) is 11.6 Å².